The van der Waals surface area contributed by atoms with Gasteiger partial charge in [0.15, 0.2) is 5.76 Å². The molecule has 4 rings (SSSR count). The summed E-state index contributed by atoms with van der Waals surface area (Å²) in [5.74, 6) is 0.468. The summed E-state index contributed by atoms with van der Waals surface area (Å²) < 4.78 is 43.2. The molecule has 1 aliphatic rings. The second kappa shape index (κ2) is 7.63. The molecular weight excluding hydrogens is 414 g/mol. The van der Waals surface area contributed by atoms with E-state index in [1.807, 2.05) is 10.8 Å². The van der Waals surface area contributed by atoms with Crippen LogP contribution in [0, 0.1) is 0 Å². The lowest BCUT2D eigenvalue weighted by Gasteiger charge is -2.18. The van der Waals surface area contributed by atoms with E-state index < -0.39 is 16.1 Å². The number of rotatable bonds is 5. The van der Waals surface area contributed by atoms with Crippen LogP contribution in [0.2, 0.25) is 0 Å². The maximum Gasteiger partial charge on any atom is 0.335 e. The Morgan fingerprint density at radius 2 is 1.80 bits per heavy atom. The van der Waals surface area contributed by atoms with Crippen LogP contribution in [0.3, 0.4) is 0 Å². The van der Waals surface area contributed by atoms with E-state index in [4.69, 9.17) is 14.0 Å². The summed E-state index contributed by atoms with van der Waals surface area (Å²) in [4.78, 5) is 20.1. The first-order chi connectivity index (χ1) is 14.4. The predicted molar refractivity (Wildman–Crippen MR) is 104 cm³/mol. The molecule has 2 N–H and O–H groups in total. The SMILES string of the molecule is COc1cc(OC)nc(NC(=O)NS(=O)(=O)c2cccc3c2-c2oncc2CC3)n1. The fourth-order valence-corrected chi connectivity index (χ4v) is 4.31. The van der Waals surface area contributed by atoms with Gasteiger partial charge in [-0.1, -0.05) is 17.3 Å². The standard InChI is InChI=1S/C18H17N5O6S/c1-27-13-8-14(28-2)21-17(20-13)22-18(24)23-30(25,26)12-5-3-4-10-6-7-11-9-19-29-16(11)15(10)12/h3-5,8-9H,6-7H2,1-2H3,(H2,20,21,22,23,24). The van der Waals surface area contributed by atoms with Crippen molar-refractivity contribution in [2.75, 3.05) is 19.5 Å². The molecule has 0 fully saturated rings. The van der Waals surface area contributed by atoms with Crippen molar-refractivity contribution in [2.45, 2.75) is 17.7 Å². The number of anilines is 1. The van der Waals surface area contributed by atoms with Crippen molar-refractivity contribution in [3.63, 3.8) is 0 Å². The largest absolute Gasteiger partial charge is 0.481 e. The Bertz CT molecular complexity index is 1200. The monoisotopic (exact) mass is 431 g/mol. The molecule has 1 aromatic carbocycles. The maximum atomic E-state index is 13.0. The van der Waals surface area contributed by atoms with E-state index in [2.05, 4.69) is 20.4 Å². The first kappa shape index (κ1) is 19.6. The van der Waals surface area contributed by atoms with Crippen LogP contribution in [0.25, 0.3) is 11.3 Å². The molecule has 0 aliphatic heterocycles. The molecule has 12 heteroatoms. The quantitative estimate of drug-likeness (QED) is 0.617. The zero-order valence-corrected chi connectivity index (χ0v) is 16.8. The van der Waals surface area contributed by atoms with Crippen molar-refractivity contribution < 1.29 is 27.2 Å². The Morgan fingerprint density at radius 1 is 1.10 bits per heavy atom. The zero-order chi connectivity index (χ0) is 21.3. The van der Waals surface area contributed by atoms with E-state index in [-0.39, 0.29) is 22.6 Å². The van der Waals surface area contributed by atoms with Crippen LogP contribution in [0.4, 0.5) is 10.7 Å². The third-order valence-corrected chi connectivity index (χ3v) is 5.86. The zero-order valence-electron chi connectivity index (χ0n) is 16.0. The fraction of sp³-hybridized carbons (Fsp3) is 0.222. The molecule has 0 unspecified atom stereocenters. The number of nitrogens with one attached hydrogen (secondary N) is 2. The lowest BCUT2D eigenvalue weighted by molar-refractivity contribution is 0.256. The minimum atomic E-state index is -4.24. The van der Waals surface area contributed by atoms with Gasteiger partial charge in [-0.15, -0.1) is 0 Å². The molecule has 30 heavy (non-hydrogen) atoms. The molecule has 2 amide bonds. The fourth-order valence-electron chi connectivity index (χ4n) is 3.15. The number of methoxy groups -OCH3 is 2. The van der Waals surface area contributed by atoms with Gasteiger partial charge in [-0.2, -0.15) is 9.97 Å². The number of hydrogen-bond acceptors (Lipinski definition) is 9. The van der Waals surface area contributed by atoms with Gasteiger partial charge in [0.1, 0.15) is 0 Å². The molecule has 1 aliphatic carbocycles. The van der Waals surface area contributed by atoms with Gasteiger partial charge >= 0.3 is 6.03 Å². The highest BCUT2D eigenvalue weighted by atomic mass is 32.2. The van der Waals surface area contributed by atoms with Crippen LogP contribution < -0.4 is 19.5 Å². The normalized spacial score (nSPS) is 12.5. The molecule has 2 heterocycles. The summed E-state index contributed by atoms with van der Waals surface area (Å²) in [5, 5.41) is 6.03. The summed E-state index contributed by atoms with van der Waals surface area (Å²) in [6, 6.07) is 5.19. The number of hydrogen-bond donors (Lipinski definition) is 2. The lowest BCUT2D eigenvalue weighted by Crippen LogP contribution is -2.35. The van der Waals surface area contributed by atoms with Gasteiger partial charge in [0.25, 0.3) is 10.0 Å². The number of carbonyl (C=O) groups excluding carboxylic acids is 1. The first-order valence-corrected chi connectivity index (χ1v) is 10.3. The Kier molecular flexibility index (Phi) is 4.99. The highest BCUT2D eigenvalue weighted by Crippen LogP contribution is 2.37. The summed E-state index contributed by atoms with van der Waals surface area (Å²) >= 11 is 0. The summed E-state index contributed by atoms with van der Waals surface area (Å²) in [7, 11) is -1.48. The van der Waals surface area contributed by atoms with Crippen LogP contribution in [-0.4, -0.2) is 43.8 Å². The van der Waals surface area contributed by atoms with Crippen molar-refractivity contribution in [1.82, 2.24) is 19.8 Å². The minimum absolute atomic E-state index is 0.0861. The van der Waals surface area contributed by atoms with E-state index in [1.165, 1.54) is 26.4 Å². The van der Waals surface area contributed by atoms with E-state index in [1.54, 1.807) is 12.3 Å². The van der Waals surface area contributed by atoms with Gasteiger partial charge < -0.3 is 14.0 Å². The Morgan fingerprint density at radius 3 is 2.50 bits per heavy atom. The number of fused-ring (bicyclic) bond motifs is 3. The molecule has 0 spiro atoms. The van der Waals surface area contributed by atoms with Gasteiger partial charge in [0, 0.05) is 11.1 Å². The topological polar surface area (TPSA) is 146 Å². The van der Waals surface area contributed by atoms with Gasteiger partial charge in [-0.25, -0.2) is 17.9 Å². The maximum absolute atomic E-state index is 13.0. The highest BCUT2D eigenvalue weighted by molar-refractivity contribution is 7.90. The van der Waals surface area contributed by atoms with Crippen molar-refractivity contribution in [3.05, 3.63) is 41.6 Å². The smallest absolute Gasteiger partial charge is 0.335 e. The van der Waals surface area contributed by atoms with Crippen LogP contribution >= 0.6 is 0 Å². The van der Waals surface area contributed by atoms with Crippen molar-refractivity contribution >= 4 is 22.0 Å². The van der Waals surface area contributed by atoms with Crippen LogP contribution in [0.15, 0.2) is 39.9 Å². The molecule has 0 radical (unpaired) electrons. The van der Waals surface area contributed by atoms with E-state index in [0.29, 0.717) is 24.2 Å². The number of sulfonamides is 1. The molecule has 0 bridgehead atoms. The summed E-state index contributed by atoms with van der Waals surface area (Å²) in [6.07, 6.45) is 2.89. The van der Waals surface area contributed by atoms with E-state index >= 15 is 0 Å². The third kappa shape index (κ3) is 3.64. The van der Waals surface area contributed by atoms with Gasteiger partial charge in [-0.05, 0) is 24.5 Å². The Hall–Kier alpha value is -3.67. The van der Waals surface area contributed by atoms with E-state index in [9.17, 15) is 13.2 Å². The van der Waals surface area contributed by atoms with Crippen LogP contribution in [0.1, 0.15) is 11.1 Å². The van der Waals surface area contributed by atoms with Crippen LogP contribution in [-0.2, 0) is 22.9 Å². The number of carbonyl (C=O) groups is 1. The second-order valence-electron chi connectivity index (χ2n) is 6.31. The van der Waals surface area contributed by atoms with Crippen molar-refractivity contribution in [2.24, 2.45) is 0 Å². The average Bonchev–Trinajstić information content (AvgIpc) is 3.21. The molecule has 0 saturated carbocycles. The lowest BCUT2D eigenvalue weighted by atomic mass is 9.91. The van der Waals surface area contributed by atoms with Gasteiger partial charge in [-0.3, -0.25) is 5.32 Å². The second-order valence-corrected chi connectivity index (χ2v) is 7.96. The summed E-state index contributed by atoms with van der Waals surface area (Å²) in [6.45, 7) is 0. The first-order valence-electron chi connectivity index (χ1n) is 8.78. The Balaban J connectivity index is 1.62. The number of nitrogens with zero attached hydrogens (tertiary/aromatic N) is 3. The number of aryl methyl sites for hydroxylation is 2. The number of benzene rings is 1. The molecule has 3 aromatic rings. The molecule has 0 saturated heterocycles. The predicted octanol–water partition coefficient (Wildman–Crippen LogP) is 1.76. The molecule has 0 atom stereocenters. The number of ether oxygens (including phenoxy) is 2. The van der Waals surface area contributed by atoms with Gasteiger partial charge in [0.2, 0.25) is 17.7 Å². The third-order valence-electron chi connectivity index (χ3n) is 4.49. The molecular formula is C18H17N5O6S. The highest BCUT2D eigenvalue weighted by Gasteiger charge is 2.30. The number of amides is 2. The van der Waals surface area contributed by atoms with Crippen molar-refractivity contribution in [1.29, 1.82) is 0 Å². The number of aromatic nitrogens is 3. The average molecular weight is 431 g/mol. The van der Waals surface area contributed by atoms with Crippen LogP contribution in [0.5, 0.6) is 11.8 Å². The molecule has 2 aromatic heterocycles. The van der Waals surface area contributed by atoms with Gasteiger partial charge in [0.05, 0.1) is 31.4 Å². The molecule has 156 valence electrons. The van der Waals surface area contributed by atoms with E-state index in [0.717, 1.165) is 11.1 Å². The summed E-state index contributed by atoms with van der Waals surface area (Å²) in [5.41, 5.74) is 2.01. The number of urea groups is 1. The minimum Gasteiger partial charge on any atom is -0.481 e. The Labute approximate surface area is 171 Å². The molecule has 11 nitrogen and oxygen atoms in total. The van der Waals surface area contributed by atoms with Crippen molar-refractivity contribution in [3.8, 4) is 23.1 Å².